The van der Waals surface area contributed by atoms with Gasteiger partial charge < -0.3 is 0 Å². The van der Waals surface area contributed by atoms with Gasteiger partial charge in [-0.05, 0) is 13.3 Å². The molecule has 0 aliphatic rings. The summed E-state index contributed by atoms with van der Waals surface area (Å²) in [6, 6.07) is 0.120. The second-order valence-electron chi connectivity index (χ2n) is 2.72. The maximum absolute atomic E-state index is 11.1. The highest BCUT2D eigenvalue weighted by molar-refractivity contribution is 7.88. The summed E-state index contributed by atoms with van der Waals surface area (Å²) in [5.41, 5.74) is 0. The quantitative estimate of drug-likeness (QED) is 0.711. The third kappa shape index (κ3) is 6.05. The molecule has 0 saturated carbocycles. The minimum atomic E-state index is -2.99. The van der Waals surface area contributed by atoms with Gasteiger partial charge in [-0.2, -0.15) is 4.31 Å². The number of nitrogens with zero attached hydrogens (tertiary/aromatic N) is 1. The molecular weight excluding hydrogens is 186 g/mol. The van der Waals surface area contributed by atoms with Crippen LogP contribution in [-0.4, -0.2) is 31.6 Å². The lowest BCUT2D eigenvalue weighted by Gasteiger charge is -2.23. The Hall–Kier alpha value is -0.0900. The Bertz CT molecular complexity index is 200. The van der Waals surface area contributed by atoms with Crippen LogP contribution in [0.2, 0.25) is 0 Å². The van der Waals surface area contributed by atoms with Crippen LogP contribution in [0.4, 0.5) is 0 Å². The fourth-order valence-corrected chi connectivity index (χ4v) is 2.35. The molecule has 0 radical (unpaired) electrons. The van der Waals surface area contributed by atoms with E-state index in [0.717, 1.165) is 6.42 Å². The van der Waals surface area contributed by atoms with Crippen LogP contribution in [-0.2, 0) is 10.0 Å². The van der Waals surface area contributed by atoms with E-state index < -0.39 is 10.0 Å². The largest absolute Gasteiger partial charge is 0.212 e. The molecule has 0 spiro atoms. The van der Waals surface area contributed by atoms with Crippen molar-refractivity contribution in [1.29, 1.82) is 0 Å². The second-order valence-corrected chi connectivity index (χ2v) is 4.66. The Morgan fingerprint density at radius 1 is 1.23 bits per heavy atom. The highest BCUT2D eigenvalue weighted by atomic mass is 32.2. The summed E-state index contributed by atoms with van der Waals surface area (Å²) in [5.74, 6) is 0. The first-order valence-corrected chi connectivity index (χ1v) is 6.75. The van der Waals surface area contributed by atoms with Crippen LogP contribution in [0, 0.1) is 0 Å². The summed E-state index contributed by atoms with van der Waals surface area (Å²) in [6.45, 7) is 10.3. The molecule has 0 aliphatic heterocycles. The van der Waals surface area contributed by atoms with Crippen molar-refractivity contribution in [2.24, 2.45) is 0 Å². The Kier molecular flexibility index (Phi) is 8.67. The van der Waals surface area contributed by atoms with E-state index in [1.807, 2.05) is 34.6 Å². The van der Waals surface area contributed by atoms with Gasteiger partial charge in [-0.25, -0.2) is 8.42 Å². The minimum absolute atomic E-state index is 0.120. The summed E-state index contributed by atoms with van der Waals surface area (Å²) in [5, 5.41) is 0. The molecule has 82 valence electrons. The van der Waals surface area contributed by atoms with E-state index >= 15 is 0 Å². The first kappa shape index (κ1) is 15.4. The molecule has 0 aromatic heterocycles. The van der Waals surface area contributed by atoms with Gasteiger partial charge in [0.25, 0.3) is 0 Å². The van der Waals surface area contributed by atoms with Crippen molar-refractivity contribution in [3.8, 4) is 0 Å². The Balaban J connectivity index is 0. The molecule has 0 rings (SSSR count). The SMILES string of the molecule is CC.CCC(C)N(CC)S(C)(=O)=O. The van der Waals surface area contributed by atoms with Gasteiger partial charge in [0.2, 0.25) is 10.0 Å². The fourth-order valence-electron chi connectivity index (χ4n) is 1.08. The molecule has 0 amide bonds. The Labute approximate surface area is 83.2 Å². The van der Waals surface area contributed by atoms with Gasteiger partial charge in [-0.15, -0.1) is 0 Å². The van der Waals surface area contributed by atoms with Gasteiger partial charge >= 0.3 is 0 Å². The van der Waals surface area contributed by atoms with Crippen molar-refractivity contribution in [1.82, 2.24) is 4.31 Å². The molecule has 0 fully saturated rings. The fraction of sp³-hybridized carbons (Fsp3) is 1.00. The average molecular weight is 209 g/mol. The molecular formula is C9H23NO2S. The van der Waals surface area contributed by atoms with Crippen molar-refractivity contribution in [3.63, 3.8) is 0 Å². The zero-order valence-electron chi connectivity index (χ0n) is 9.66. The highest BCUT2D eigenvalue weighted by Gasteiger charge is 2.19. The lowest BCUT2D eigenvalue weighted by molar-refractivity contribution is 0.345. The van der Waals surface area contributed by atoms with Crippen LogP contribution >= 0.6 is 0 Å². The van der Waals surface area contributed by atoms with E-state index in [4.69, 9.17) is 0 Å². The third-order valence-electron chi connectivity index (χ3n) is 1.82. The molecule has 0 saturated heterocycles. The topological polar surface area (TPSA) is 37.4 Å². The molecule has 0 aliphatic carbocycles. The van der Waals surface area contributed by atoms with Gasteiger partial charge in [0.05, 0.1) is 6.26 Å². The molecule has 0 heterocycles. The molecule has 3 nitrogen and oxygen atoms in total. The standard InChI is InChI=1S/C7H17NO2S.C2H6/c1-5-7(3)8(6-2)11(4,9)10;1-2/h7H,5-6H2,1-4H3;1-2H3. The summed E-state index contributed by atoms with van der Waals surface area (Å²) < 4.78 is 23.7. The van der Waals surface area contributed by atoms with E-state index in [1.54, 1.807) is 0 Å². The molecule has 1 unspecified atom stereocenters. The monoisotopic (exact) mass is 209 g/mol. The Morgan fingerprint density at radius 3 is 1.69 bits per heavy atom. The lowest BCUT2D eigenvalue weighted by atomic mass is 10.3. The maximum Gasteiger partial charge on any atom is 0.211 e. The van der Waals surface area contributed by atoms with E-state index in [2.05, 4.69) is 0 Å². The predicted octanol–water partition coefficient (Wildman–Crippen LogP) is 2.09. The Morgan fingerprint density at radius 2 is 1.62 bits per heavy atom. The van der Waals surface area contributed by atoms with Crippen LogP contribution < -0.4 is 0 Å². The van der Waals surface area contributed by atoms with Gasteiger partial charge in [0.15, 0.2) is 0 Å². The number of hydrogen-bond acceptors (Lipinski definition) is 2. The number of sulfonamides is 1. The number of hydrogen-bond donors (Lipinski definition) is 0. The molecule has 0 N–H and O–H groups in total. The van der Waals surface area contributed by atoms with Gasteiger partial charge in [0, 0.05) is 12.6 Å². The zero-order valence-corrected chi connectivity index (χ0v) is 10.5. The minimum Gasteiger partial charge on any atom is -0.212 e. The van der Waals surface area contributed by atoms with Crippen molar-refractivity contribution in [2.75, 3.05) is 12.8 Å². The van der Waals surface area contributed by atoms with E-state index in [-0.39, 0.29) is 6.04 Å². The first-order chi connectivity index (χ1) is 5.93. The van der Waals surface area contributed by atoms with Gasteiger partial charge in [0.1, 0.15) is 0 Å². The van der Waals surface area contributed by atoms with Crippen LogP contribution in [0.15, 0.2) is 0 Å². The van der Waals surface area contributed by atoms with Crippen LogP contribution in [0.5, 0.6) is 0 Å². The summed E-state index contributed by atoms with van der Waals surface area (Å²) >= 11 is 0. The first-order valence-electron chi connectivity index (χ1n) is 4.90. The van der Waals surface area contributed by atoms with Crippen LogP contribution in [0.3, 0.4) is 0 Å². The van der Waals surface area contributed by atoms with Crippen molar-refractivity contribution >= 4 is 10.0 Å². The maximum atomic E-state index is 11.1. The van der Waals surface area contributed by atoms with Crippen molar-refractivity contribution < 1.29 is 8.42 Å². The molecule has 1 atom stereocenters. The van der Waals surface area contributed by atoms with Crippen molar-refractivity contribution in [3.05, 3.63) is 0 Å². The van der Waals surface area contributed by atoms with Crippen LogP contribution in [0.1, 0.15) is 41.0 Å². The molecule has 4 heteroatoms. The number of rotatable bonds is 4. The van der Waals surface area contributed by atoms with Gasteiger partial charge in [-0.3, -0.25) is 0 Å². The smallest absolute Gasteiger partial charge is 0.211 e. The van der Waals surface area contributed by atoms with Crippen LogP contribution in [0.25, 0.3) is 0 Å². The molecule has 0 aromatic carbocycles. The summed E-state index contributed by atoms with van der Waals surface area (Å²) in [4.78, 5) is 0. The summed E-state index contributed by atoms with van der Waals surface area (Å²) in [6.07, 6.45) is 2.11. The summed E-state index contributed by atoms with van der Waals surface area (Å²) in [7, 11) is -2.99. The van der Waals surface area contributed by atoms with Gasteiger partial charge in [-0.1, -0.05) is 27.7 Å². The second kappa shape index (κ2) is 7.33. The molecule has 13 heavy (non-hydrogen) atoms. The van der Waals surface area contributed by atoms with E-state index in [9.17, 15) is 8.42 Å². The normalized spacial score (nSPS) is 13.5. The lowest BCUT2D eigenvalue weighted by Crippen LogP contribution is -2.37. The average Bonchev–Trinajstić information content (AvgIpc) is 2.06. The molecule has 0 aromatic rings. The van der Waals surface area contributed by atoms with Crippen molar-refractivity contribution in [2.45, 2.75) is 47.1 Å². The predicted molar refractivity (Wildman–Crippen MR) is 58.3 cm³/mol. The van der Waals surface area contributed by atoms with E-state index in [0.29, 0.717) is 6.54 Å². The molecule has 0 bridgehead atoms. The zero-order chi connectivity index (χ0) is 11.1. The third-order valence-corrected chi connectivity index (χ3v) is 3.29. The highest BCUT2D eigenvalue weighted by Crippen LogP contribution is 2.07. The van der Waals surface area contributed by atoms with E-state index in [1.165, 1.54) is 10.6 Å².